The van der Waals surface area contributed by atoms with Gasteiger partial charge in [0, 0.05) is 0 Å². The van der Waals surface area contributed by atoms with Gasteiger partial charge in [0.1, 0.15) is 0 Å². The van der Waals surface area contributed by atoms with Gasteiger partial charge in [0.05, 0.1) is 7.11 Å². The number of carbonyl (C=O) groups excluding carboxylic acids is 1. The van der Waals surface area contributed by atoms with Gasteiger partial charge in [-0.15, -0.1) is 0 Å². The zero-order chi connectivity index (χ0) is 14.2. The normalized spacial score (nSPS) is 11.6. The summed E-state index contributed by atoms with van der Waals surface area (Å²) >= 11 is 0. The molecule has 2 aromatic rings. The molecule has 0 bridgehead atoms. The Morgan fingerprint density at radius 2 is 1.45 bits per heavy atom. The number of allylic oxidation sites excluding steroid dienone is 1. The number of benzene rings is 2. The van der Waals surface area contributed by atoms with Crippen LogP contribution in [0, 0.1) is 0 Å². The van der Waals surface area contributed by atoms with Crippen molar-refractivity contribution in [1.82, 2.24) is 0 Å². The average Bonchev–Trinajstić information content (AvgIpc) is 2.52. The van der Waals surface area contributed by atoms with E-state index in [0.29, 0.717) is 5.76 Å². The van der Waals surface area contributed by atoms with Gasteiger partial charge in [-0.3, -0.25) is 4.79 Å². The van der Waals surface area contributed by atoms with Crippen LogP contribution in [0.5, 0.6) is 0 Å². The minimum Gasteiger partial charge on any atom is -0.493 e. The van der Waals surface area contributed by atoms with E-state index in [1.54, 1.807) is 12.2 Å². The first-order valence-electron chi connectivity index (χ1n) is 6.38. The molecule has 100 valence electrons. The highest BCUT2D eigenvalue weighted by Crippen LogP contribution is 2.10. The first-order chi connectivity index (χ1) is 9.79. The van der Waals surface area contributed by atoms with Crippen LogP contribution in [0.2, 0.25) is 0 Å². The van der Waals surface area contributed by atoms with Crippen LogP contribution in [0.1, 0.15) is 11.1 Å². The van der Waals surface area contributed by atoms with Crippen LogP contribution in [0.25, 0.3) is 12.2 Å². The maximum absolute atomic E-state index is 12.1. The molecule has 0 atom stereocenters. The largest absolute Gasteiger partial charge is 0.493 e. The van der Waals surface area contributed by atoms with E-state index in [2.05, 4.69) is 0 Å². The van der Waals surface area contributed by atoms with Gasteiger partial charge >= 0.3 is 0 Å². The third-order valence-corrected chi connectivity index (χ3v) is 2.79. The molecule has 2 aromatic carbocycles. The van der Waals surface area contributed by atoms with Gasteiger partial charge in [-0.1, -0.05) is 66.7 Å². The summed E-state index contributed by atoms with van der Waals surface area (Å²) in [5.74, 6) is 0.170. The lowest BCUT2D eigenvalue weighted by atomic mass is 10.1. The Morgan fingerprint density at radius 3 is 2.00 bits per heavy atom. The first kappa shape index (κ1) is 13.8. The third-order valence-electron chi connectivity index (χ3n) is 2.79. The Morgan fingerprint density at radius 1 is 0.900 bits per heavy atom. The van der Waals surface area contributed by atoms with Crippen molar-refractivity contribution >= 4 is 17.9 Å². The molecule has 20 heavy (non-hydrogen) atoms. The molecule has 0 aliphatic rings. The predicted molar refractivity (Wildman–Crippen MR) is 81.9 cm³/mol. The predicted octanol–water partition coefficient (Wildman–Crippen LogP) is 3.96. The lowest BCUT2D eigenvalue weighted by molar-refractivity contribution is -0.113. The molecule has 2 rings (SSSR count). The molecule has 0 unspecified atom stereocenters. The summed E-state index contributed by atoms with van der Waals surface area (Å²) in [5, 5.41) is 0. The van der Waals surface area contributed by atoms with E-state index in [0.717, 1.165) is 11.1 Å². The second kappa shape index (κ2) is 7.10. The summed E-state index contributed by atoms with van der Waals surface area (Å²) in [5.41, 5.74) is 1.92. The zero-order valence-electron chi connectivity index (χ0n) is 11.3. The minimum atomic E-state index is -0.153. The molecule has 0 aliphatic heterocycles. The molecule has 0 fully saturated rings. The van der Waals surface area contributed by atoms with Crippen molar-refractivity contribution in [2.45, 2.75) is 0 Å². The highest BCUT2D eigenvalue weighted by atomic mass is 16.5. The van der Waals surface area contributed by atoms with Gasteiger partial charge in [-0.25, -0.2) is 0 Å². The first-order valence-corrected chi connectivity index (χ1v) is 6.38. The van der Waals surface area contributed by atoms with Gasteiger partial charge in [-0.2, -0.15) is 0 Å². The van der Waals surface area contributed by atoms with Gasteiger partial charge in [0.15, 0.2) is 5.76 Å². The van der Waals surface area contributed by atoms with Crippen LogP contribution in [-0.2, 0) is 9.53 Å². The van der Waals surface area contributed by atoms with E-state index >= 15 is 0 Å². The number of hydrogen-bond donors (Lipinski definition) is 0. The lowest BCUT2D eigenvalue weighted by Crippen LogP contribution is -2.00. The summed E-state index contributed by atoms with van der Waals surface area (Å²) in [7, 11) is 1.50. The Labute approximate surface area is 119 Å². The maximum atomic E-state index is 12.1. The monoisotopic (exact) mass is 264 g/mol. The van der Waals surface area contributed by atoms with Crippen LogP contribution < -0.4 is 0 Å². The fraction of sp³-hybridized carbons (Fsp3) is 0.0556. The SMILES string of the molecule is COC(=Cc1ccccc1)C(=O)C=Cc1ccccc1. The van der Waals surface area contributed by atoms with E-state index in [-0.39, 0.29) is 5.78 Å². The Balaban J connectivity index is 2.14. The molecule has 0 saturated heterocycles. The average molecular weight is 264 g/mol. The fourth-order valence-electron chi connectivity index (χ4n) is 1.75. The van der Waals surface area contributed by atoms with E-state index < -0.39 is 0 Å². The van der Waals surface area contributed by atoms with Crippen molar-refractivity contribution in [3.63, 3.8) is 0 Å². The van der Waals surface area contributed by atoms with Crippen molar-refractivity contribution in [3.8, 4) is 0 Å². The molecule has 2 nitrogen and oxygen atoms in total. The van der Waals surface area contributed by atoms with E-state index in [4.69, 9.17) is 4.74 Å². The molecule has 0 N–H and O–H groups in total. The van der Waals surface area contributed by atoms with Crippen LogP contribution in [0.15, 0.2) is 72.5 Å². The quantitative estimate of drug-likeness (QED) is 0.603. The molecule has 0 aliphatic carbocycles. The molecule has 0 amide bonds. The second-order valence-electron chi connectivity index (χ2n) is 4.23. The number of carbonyl (C=O) groups is 1. The van der Waals surface area contributed by atoms with Gasteiger partial charge in [0.25, 0.3) is 0 Å². The number of methoxy groups -OCH3 is 1. The van der Waals surface area contributed by atoms with Gasteiger partial charge in [0.2, 0.25) is 5.78 Å². The number of rotatable bonds is 5. The highest BCUT2D eigenvalue weighted by molar-refractivity contribution is 6.07. The van der Waals surface area contributed by atoms with E-state index in [1.165, 1.54) is 13.2 Å². The summed E-state index contributed by atoms with van der Waals surface area (Å²) < 4.78 is 5.16. The summed E-state index contributed by atoms with van der Waals surface area (Å²) in [4.78, 5) is 12.1. The van der Waals surface area contributed by atoms with Crippen LogP contribution >= 0.6 is 0 Å². The summed E-state index contributed by atoms with van der Waals surface area (Å²) in [6.07, 6.45) is 5.03. The molecular formula is C18H16O2. The summed E-state index contributed by atoms with van der Waals surface area (Å²) in [6.45, 7) is 0. The summed E-state index contributed by atoms with van der Waals surface area (Å²) in [6, 6.07) is 19.3. The van der Waals surface area contributed by atoms with Gasteiger partial charge < -0.3 is 4.74 Å². The minimum absolute atomic E-state index is 0.153. The molecule has 0 radical (unpaired) electrons. The molecule has 0 saturated carbocycles. The molecule has 0 spiro atoms. The smallest absolute Gasteiger partial charge is 0.220 e. The van der Waals surface area contributed by atoms with Crippen molar-refractivity contribution in [3.05, 3.63) is 83.6 Å². The Bertz CT molecular complexity index is 610. The molecule has 0 heterocycles. The second-order valence-corrected chi connectivity index (χ2v) is 4.23. The van der Waals surface area contributed by atoms with E-state index in [9.17, 15) is 4.79 Å². The van der Waals surface area contributed by atoms with Crippen LogP contribution in [-0.4, -0.2) is 12.9 Å². The maximum Gasteiger partial charge on any atom is 0.220 e. The Kier molecular flexibility index (Phi) is 4.90. The van der Waals surface area contributed by atoms with Gasteiger partial charge in [-0.05, 0) is 23.3 Å². The fourth-order valence-corrected chi connectivity index (χ4v) is 1.75. The van der Waals surface area contributed by atoms with Crippen molar-refractivity contribution in [2.24, 2.45) is 0 Å². The molecule has 2 heteroatoms. The standard InChI is InChI=1S/C18H16O2/c1-20-18(14-16-10-6-3-7-11-16)17(19)13-12-15-8-4-2-5-9-15/h2-14H,1H3. The molecular weight excluding hydrogens is 248 g/mol. The van der Waals surface area contributed by atoms with Crippen molar-refractivity contribution in [2.75, 3.05) is 7.11 Å². The number of ether oxygens (including phenoxy) is 1. The van der Waals surface area contributed by atoms with E-state index in [1.807, 2.05) is 60.7 Å². The topological polar surface area (TPSA) is 26.3 Å². The van der Waals surface area contributed by atoms with Crippen molar-refractivity contribution < 1.29 is 9.53 Å². The van der Waals surface area contributed by atoms with Crippen molar-refractivity contribution in [1.29, 1.82) is 0 Å². The Hall–Kier alpha value is -2.61. The third kappa shape index (κ3) is 3.95. The lowest BCUT2D eigenvalue weighted by Gasteiger charge is -2.02. The number of ketones is 1. The number of hydrogen-bond acceptors (Lipinski definition) is 2. The van der Waals surface area contributed by atoms with Crippen LogP contribution in [0.4, 0.5) is 0 Å². The molecule has 0 aromatic heterocycles. The van der Waals surface area contributed by atoms with Crippen LogP contribution in [0.3, 0.4) is 0 Å². The highest BCUT2D eigenvalue weighted by Gasteiger charge is 2.05. The zero-order valence-corrected chi connectivity index (χ0v) is 11.3.